The molecular weight excluding hydrogens is 262 g/mol. The van der Waals surface area contributed by atoms with Gasteiger partial charge in [-0.05, 0) is 18.6 Å². The molecule has 7 heteroatoms. The monoisotopic (exact) mass is 279 g/mol. The molecule has 1 aliphatic heterocycles. The molecule has 2 rings (SSSR count). The van der Waals surface area contributed by atoms with E-state index in [0.29, 0.717) is 31.1 Å². The first-order chi connectivity index (χ1) is 9.52. The quantitative estimate of drug-likeness (QED) is 0.805. The summed E-state index contributed by atoms with van der Waals surface area (Å²) in [4.78, 5) is 28.7. The van der Waals surface area contributed by atoms with Crippen LogP contribution in [0.3, 0.4) is 0 Å². The van der Waals surface area contributed by atoms with Crippen LogP contribution in [0.15, 0.2) is 12.1 Å². The molecule has 1 amide bonds. The topological polar surface area (TPSA) is 106 Å². The van der Waals surface area contributed by atoms with E-state index in [1.165, 1.54) is 12.1 Å². The first-order valence-electron chi connectivity index (χ1n) is 6.41. The number of carboxylic acids is 1. The summed E-state index contributed by atoms with van der Waals surface area (Å²) in [5.41, 5.74) is 6.17. The summed E-state index contributed by atoms with van der Waals surface area (Å²) < 4.78 is 5.24. The predicted octanol–water partition coefficient (Wildman–Crippen LogP) is 0.0327. The van der Waals surface area contributed by atoms with Gasteiger partial charge in [0.1, 0.15) is 11.9 Å². The molecule has 1 fully saturated rings. The highest BCUT2D eigenvalue weighted by molar-refractivity contribution is 5.89. The van der Waals surface area contributed by atoms with Crippen LogP contribution in [0.4, 0.5) is 5.82 Å². The van der Waals surface area contributed by atoms with Crippen molar-refractivity contribution in [3.63, 3.8) is 0 Å². The summed E-state index contributed by atoms with van der Waals surface area (Å²) in [6.07, 6.45) is 0.611. The molecule has 0 radical (unpaired) electrons. The summed E-state index contributed by atoms with van der Waals surface area (Å²) in [5.74, 6) is -1.08. The van der Waals surface area contributed by atoms with E-state index >= 15 is 0 Å². The van der Waals surface area contributed by atoms with E-state index < -0.39 is 17.9 Å². The summed E-state index contributed by atoms with van der Waals surface area (Å²) in [5, 5.41) is 9.14. The minimum Gasteiger partial charge on any atom is -0.478 e. The van der Waals surface area contributed by atoms with Gasteiger partial charge in [0.05, 0.1) is 18.8 Å². The Hall–Kier alpha value is -2.15. The van der Waals surface area contributed by atoms with Crippen molar-refractivity contribution in [3.8, 4) is 0 Å². The second-order valence-electron chi connectivity index (χ2n) is 4.55. The van der Waals surface area contributed by atoms with Crippen molar-refractivity contribution in [2.24, 2.45) is 5.73 Å². The molecule has 108 valence electrons. The number of carbonyl (C=O) groups excluding carboxylic acids is 1. The molecule has 0 saturated carbocycles. The zero-order chi connectivity index (χ0) is 14.7. The fourth-order valence-electron chi connectivity index (χ4n) is 2.14. The number of hydrogen-bond donors (Lipinski definition) is 2. The smallest absolute Gasteiger partial charge is 0.335 e. The zero-order valence-corrected chi connectivity index (χ0v) is 11.2. The van der Waals surface area contributed by atoms with Crippen LogP contribution in [0.1, 0.15) is 23.0 Å². The molecule has 0 spiro atoms. The van der Waals surface area contributed by atoms with E-state index in [4.69, 9.17) is 15.6 Å². The molecule has 2 heterocycles. The van der Waals surface area contributed by atoms with Crippen molar-refractivity contribution >= 4 is 17.7 Å². The number of aromatic carboxylic acids is 1. The lowest BCUT2D eigenvalue weighted by molar-refractivity contribution is -0.121. The third kappa shape index (κ3) is 2.88. The molecule has 7 nitrogen and oxygen atoms in total. The Bertz CT molecular complexity index is 532. The molecule has 1 aromatic rings. The Morgan fingerprint density at radius 1 is 1.55 bits per heavy atom. The number of aryl methyl sites for hydroxylation is 1. The van der Waals surface area contributed by atoms with Gasteiger partial charge in [-0.3, -0.25) is 4.79 Å². The number of amides is 1. The Labute approximate surface area is 116 Å². The Morgan fingerprint density at radius 2 is 2.30 bits per heavy atom. The molecule has 1 aromatic heterocycles. The Morgan fingerprint density at radius 3 is 2.90 bits per heavy atom. The lowest BCUT2D eigenvalue weighted by Crippen LogP contribution is -2.53. The summed E-state index contributed by atoms with van der Waals surface area (Å²) >= 11 is 0. The maximum Gasteiger partial charge on any atom is 0.335 e. The third-order valence-electron chi connectivity index (χ3n) is 3.23. The molecule has 20 heavy (non-hydrogen) atoms. The highest BCUT2D eigenvalue weighted by Crippen LogP contribution is 2.20. The minimum atomic E-state index is -1.02. The van der Waals surface area contributed by atoms with Gasteiger partial charge < -0.3 is 20.5 Å². The second-order valence-corrected chi connectivity index (χ2v) is 4.55. The number of carbonyl (C=O) groups is 2. The number of carboxylic acid groups (broad SMARTS) is 1. The van der Waals surface area contributed by atoms with Crippen LogP contribution < -0.4 is 10.6 Å². The van der Waals surface area contributed by atoms with Crippen LogP contribution in [-0.4, -0.2) is 47.8 Å². The van der Waals surface area contributed by atoms with Crippen LogP contribution in [0.2, 0.25) is 0 Å². The molecule has 1 unspecified atom stereocenters. The normalized spacial score (nSPS) is 18.9. The Balaban J connectivity index is 2.41. The fourth-order valence-corrected chi connectivity index (χ4v) is 2.14. The maximum atomic E-state index is 11.5. The first-order valence-corrected chi connectivity index (χ1v) is 6.41. The summed E-state index contributed by atoms with van der Waals surface area (Å²) in [6.45, 7) is 2.98. The van der Waals surface area contributed by atoms with Crippen LogP contribution in [0.25, 0.3) is 0 Å². The highest BCUT2D eigenvalue weighted by atomic mass is 16.5. The number of nitrogens with zero attached hydrogens (tertiary/aromatic N) is 2. The third-order valence-corrected chi connectivity index (χ3v) is 3.23. The Kier molecular flexibility index (Phi) is 4.19. The SMILES string of the molecule is CCc1cc(C(=O)O)cc(N2CCOCC2C(N)=O)n1. The number of anilines is 1. The van der Waals surface area contributed by atoms with E-state index in [0.717, 1.165) is 0 Å². The summed E-state index contributed by atoms with van der Waals surface area (Å²) in [6, 6.07) is 2.37. The molecule has 1 aliphatic rings. The van der Waals surface area contributed by atoms with Crippen molar-refractivity contribution in [1.29, 1.82) is 0 Å². The highest BCUT2D eigenvalue weighted by Gasteiger charge is 2.29. The lowest BCUT2D eigenvalue weighted by atomic mass is 10.1. The van der Waals surface area contributed by atoms with Gasteiger partial charge in [-0.2, -0.15) is 0 Å². The van der Waals surface area contributed by atoms with E-state index in [2.05, 4.69) is 4.98 Å². The minimum absolute atomic E-state index is 0.154. The van der Waals surface area contributed by atoms with E-state index in [9.17, 15) is 9.59 Å². The molecular formula is C13H17N3O4. The van der Waals surface area contributed by atoms with Gasteiger partial charge in [0.2, 0.25) is 5.91 Å². The van der Waals surface area contributed by atoms with Gasteiger partial charge in [0.15, 0.2) is 0 Å². The maximum absolute atomic E-state index is 11.5. The predicted molar refractivity (Wildman–Crippen MR) is 71.7 cm³/mol. The van der Waals surface area contributed by atoms with Crippen LogP contribution in [-0.2, 0) is 16.0 Å². The number of hydrogen-bond acceptors (Lipinski definition) is 5. The van der Waals surface area contributed by atoms with Crippen molar-refractivity contribution in [2.75, 3.05) is 24.7 Å². The fraction of sp³-hybridized carbons (Fsp3) is 0.462. The first kappa shape index (κ1) is 14.3. The number of morpholine rings is 1. The number of nitrogens with two attached hydrogens (primary N) is 1. The lowest BCUT2D eigenvalue weighted by Gasteiger charge is -2.34. The van der Waals surface area contributed by atoms with Crippen LogP contribution in [0.5, 0.6) is 0 Å². The van der Waals surface area contributed by atoms with Gasteiger partial charge in [-0.15, -0.1) is 0 Å². The average Bonchev–Trinajstić information content (AvgIpc) is 2.46. The molecule has 0 bridgehead atoms. The van der Waals surface area contributed by atoms with E-state index in [1.54, 1.807) is 4.90 Å². The van der Waals surface area contributed by atoms with Gasteiger partial charge in [-0.1, -0.05) is 6.92 Å². The van der Waals surface area contributed by atoms with Crippen LogP contribution in [0, 0.1) is 0 Å². The number of ether oxygens (including phenoxy) is 1. The second kappa shape index (κ2) is 5.87. The van der Waals surface area contributed by atoms with Crippen LogP contribution >= 0.6 is 0 Å². The van der Waals surface area contributed by atoms with Gasteiger partial charge in [-0.25, -0.2) is 9.78 Å². The van der Waals surface area contributed by atoms with Gasteiger partial charge in [0, 0.05) is 12.2 Å². The van der Waals surface area contributed by atoms with Crippen molar-refractivity contribution in [1.82, 2.24) is 4.98 Å². The van der Waals surface area contributed by atoms with Crippen molar-refractivity contribution in [2.45, 2.75) is 19.4 Å². The molecule has 0 aliphatic carbocycles. The number of aromatic nitrogens is 1. The molecule has 0 aromatic carbocycles. The molecule has 3 N–H and O–H groups in total. The standard InChI is InChI=1S/C13H17N3O4/c1-2-9-5-8(13(18)19)6-11(15-9)16-3-4-20-7-10(16)12(14)17/h5-6,10H,2-4,7H2,1H3,(H2,14,17)(H,18,19). The van der Waals surface area contributed by atoms with E-state index in [-0.39, 0.29) is 12.2 Å². The number of rotatable bonds is 4. The summed E-state index contributed by atoms with van der Waals surface area (Å²) in [7, 11) is 0. The van der Waals surface area contributed by atoms with Crippen molar-refractivity contribution < 1.29 is 19.4 Å². The van der Waals surface area contributed by atoms with Gasteiger partial charge in [0.25, 0.3) is 0 Å². The molecule has 1 atom stereocenters. The number of primary amides is 1. The largest absolute Gasteiger partial charge is 0.478 e. The average molecular weight is 279 g/mol. The van der Waals surface area contributed by atoms with E-state index in [1.807, 2.05) is 6.92 Å². The van der Waals surface area contributed by atoms with Gasteiger partial charge >= 0.3 is 5.97 Å². The number of pyridine rings is 1. The van der Waals surface area contributed by atoms with Crippen molar-refractivity contribution in [3.05, 3.63) is 23.4 Å². The zero-order valence-electron chi connectivity index (χ0n) is 11.2. The molecule has 1 saturated heterocycles.